The van der Waals surface area contributed by atoms with Gasteiger partial charge in [0.1, 0.15) is 18.2 Å². The first kappa shape index (κ1) is 18.0. The van der Waals surface area contributed by atoms with Crippen LogP contribution in [0, 0.1) is 0 Å². The van der Waals surface area contributed by atoms with E-state index >= 15 is 0 Å². The number of fused-ring (bicyclic) bond motifs is 1. The van der Waals surface area contributed by atoms with E-state index in [1.807, 2.05) is 59.6 Å². The Labute approximate surface area is 174 Å². The largest absolute Gasteiger partial charge is 0.490 e. The highest BCUT2D eigenvalue weighted by molar-refractivity contribution is 7.18. The number of anilines is 3. The van der Waals surface area contributed by atoms with Gasteiger partial charge in [0.25, 0.3) is 5.91 Å². The molecule has 6 nitrogen and oxygen atoms in total. The summed E-state index contributed by atoms with van der Waals surface area (Å²) in [6, 6.07) is 18.0. The molecule has 1 fully saturated rings. The highest BCUT2D eigenvalue weighted by Crippen LogP contribution is 2.39. The highest BCUT2D eigenvalue weighted by atomic mass is 32.1. The minimum absolute atomic E-state index is 0.114. The number of nitrogens with zero attached hydrogens (tertiary/aromatic N) is 4. The summed E-state index contributed by atoms with van der Waals surface area (Å²) in [4.78, 5) is 24.7. The molecular weight excluding hydrogens is 384 g/mol. The number of para-hydroxylation sites is 2. The number of ether oxygens (including phenoxy) is 1. The number of benzene rings is 1. The van der Waals surface area contributed by atoms with Crippen LogP contribution in [0.1, 0.15) is 9.67 Å². The van der Waals surface area contributed by atoms with Crippen LogP contribution < -0.4 is 14.5 Å². The molecule has 4 heterocycles. The van der Waals surface area contributed by atoms with Gasteiger partial charge in [0, 0.05) is 32.4 Å². The minimum Gasteiger partial charge on any atom is -0.490 e. The lowest BCUT2D eigenvalue weighted by Crippen LogP contribution is -2.48. The second-order valence-electron chi connectivity index (χ2n) is 7.07. The summed E-state index contributed by atoms with van der Waals surface area (Å²) in [5.74, 6) is 1.98. The number of aromatic nitrogens is 1. The minimum atomic E-state index is 0.114. The molecule has 1 amide bonds. The molecule has 29 heavy (non-hydrogen) atoms. The molecule has 3 aromatic rings. The fourth-order valence-corrected chi connectivity index (χ4v) is 4.84. The van der Waals surface area contributed by atoms with Crippen molar-refractivity contribution in [2.75, 3.05) is 49.1 Å². The van der Waals surface area contributed by atoms with Gasteiger partial charge in [-0.05, 0) is 36.4 Å². The molecule has 2 aliphatic rings. The summed E-state index contributed by atoms with van der Waals surface area (Å²) < 4.78 is 5.75. The van der Waals surface area contributed by atoms with Crippen molar-refractivity contribution in [3.8, 4) is 5.75 Å². The topological polar surface area (TPSA) is 48.9 Å². The summed E-state index contributed by atoms with van der Waals surface area (Å²) >= 11 is 1.56. The maximum Gasteiger partial charge on any atom is 0.264 e. The molecule has 7 heteroatoms. The zero-order chi connectivity index (χ0) is 19.6. The van der Waals surface area contributed by atoms with Crippen LogP contribution in [0.5, 0.6) is 5.75 Å². The van der Waals surface area contributed by atoms with Crippen LogP contribution in [-0.2, 0) is 0 Å². The van der Waals surface area contributed by atoms with Crippen molar-refractivity contribution >= 4 is 33.8 Å². The van der Waals surface area contributed by atoms with E-state index in [9.17, 15) is 4.79 Å². The van der Waals surface area contributed by atoms with Crippen molar-refractivity contribution in [2.45, 2.75) is 0 Å². The average Bonchev–Trinajstić information content (AvgIpc) is 3.29. The SMILES string of the molecule is O=C(c1ccc(N2CCOc3ccccc32)s1)N1CCN(c2ccccn2)CC1. The Balaban J connectivity index is 1.28. The molecule has 5 rings (SSSR count). The lowest BCUT2D eigenvalue weighted by Gasteiger charge is -2.35. The number of piperazine rings is 1. The first-order chi connectivity index (χ1) is 14.3. The molecule has 0 aliphatic carbocycles. The Morgan fingerprint density at radius 2 is 1.76 bits per heavy atom. The molecule has 0 unspecified atom stereocenters. The molecule has 0 radical (unpaired) electrons. The van der Waals surface area contributed by atoms with E-state index in [1.165, 1.54) is 0 Å². The van der Waals surface area contributed by atoms with Crippen LogP contribution in [0.15, 0.2) is 60.8 Å². The van der Waals surface area contributed by atoms with Gasteiger partial charge in [-0.25, -0.2) is 4.98 Å². The maximum atomic E-state index is 13.0. The van der Waals surface area contributed by atoms with Crippen LogP contribution in [0.4, 0.5) is 16.5 Å². The summed E-state index contributed by atoms with van der Waals surface area (Å²) in [6.07, 6.45) is 1.81. The standard InChI is InChI=1S/C22H22N4O2S/c27-22(25-13-11-24(12-14-25)20-7-3-4-10-23-20)19-8-9-21(29-19)26-15-16-28-18-6-2-1-5-17(18)26/h1-10H,11-16H2. The Morgan fingerprint density at radius 1 is 0.931 bits per heavy atom. The molecule has 0 spiro atoms. The number of thiophene rings is 1. The van der Waals surface area contributed by atoms with E-state index in [1.54, 1.807) is 11.3 Å². The third-order valence-electron chi connectivity index (χ3n) is 5.34. The van der Waals surface area contributed by atoms with Crippen molar-refractivity contribution in [2.24, 2.45) is 0 Å². The number of pyridine rings is 1. The second-order valence-corrected chi connectivity index (χ2v) is 8.14. The van der Waals surface area contributed by atoms with E-state index in [0.29, 0.717) is 19.7 Å². The zero-order valence-corrected chi connectivity index (χ0v) is 16.8. The fourth-order valence-electron chi connectivity index (χ4n) is 3.82. The number of carbonyl (C=O) groups is 1. The first-order valence-electron chi connectivity index (χ1n) is 9.84. The number of carbonyl (C=O) groups excluding carboxylic acids is 1. The van der Waals surface area contributed by atoms with Gasteiger partial charge in [-0.1, -0.05) is 18.2 Å². The van der Waals surface area contributed by atoms with Crippen molar-refractivity contribution in [3.05, 3.63) is 65.7 Å². The zero-order valence-electron chi connectivity index (χ0n) is 16.0. The summed E-state index contributed by atoms with van der Waals surface area (Å²) in [5, 5.41) is 1.08. The van der Waals surface area contributed by atoms with Gasteiger partial charge >= 0.3 is 0 Å². The molecule has 0 saturated carbocycles. The molecule has 0 atom stereocenters. The van der Waals surface area contributed by atoms with E-state index in [-0.39, 0.29) is 5.91 Å². The molecule has 0 N–H and O–H groups in total. The van der Waals surface area contributed by atoms with Gasteiger partial charge in [0.05, 0.1) is 22.1 Å². The molecule has 1 aromatic carbocycles. The molecule has 0 bridgehead atoms. The van der Waals surface area contributed by atoms with Crippen LogP contribution in [0.25, 0.3) is 0 Å². The number of hydrogen-bond donors (Lipinski definition) is 0. The van der Waals surface area contributed by atoms with E-state index in [2.05, 4.69) is 20.9 Å². The quantitative estimate of drug-likeness (QED) is 0.665. The van der Waals surface area contributed by atoms with Crippen molar-refractivity contribution in [3.63, 3.8) is 0 Å². The van der Waals surface area contributed by atoms with Crippen molar-refractivity contribution in [1.82, 2.24) is 9.88 Å². The molecule has 148 valence electrons. The lowest BCUT2D eigenvalue weighted by atomic mass is 10.2. The van der Waals surface area contributed by atoms with E-state index < -0.39 is 0 Å². The molecule has 2 aromatic heterocycles. The molecule has 1 saturated heterocycles. The van der Waals surface area contributed by atoms with Crippen LogP contribution >= 0.6 is 11.3 Å². The first-order valence-corrected chi connectivity index (χ1v) is 10.7. The smallest absolute Gasteiger partial charge is 0.264 e. The van der Waals surface area contributed by atoms with Gasteiger partial charge in [-0.15, -0.1) is 11.3 Å². The Bertz CT molecular complexity index is 999. The Hall–Kier alpha value is -3.06. The van der Waals surface area contributed by atoms with Gasteiger partial charge in [0.15, 0.2) is 0 Å². The van der Waals surface area contributed by atoms with Crippen molar-refractivity contribution < 1.29 is 9.53 Å². The van der Waals surface area contributed by atoms with Crippen LogP contribution in [0.3, 0.4) is 0 Å². The number of amides is 1. The highest BCUT2D eigenvalue weighted by Gasteiger charge is 2.26. The third-order valence-corrected chi connectivity index (χ3v) is 6.43. The van der Waals surface area contributed by atoms with Gasteiger partial charge in [-0.2, -0.15) is 0 Å². The van der Waals surface area contributed by atoms with Crippen LogP contribution in [0.2, 0.25) is 0 Å². The number of rotatable bonds is 3. The second kappa shape index (κ2) is 7.75. The molecular formula is C22H22N4O2S. The maximum absolute atomic E-state index is 13.0. The van der Waals surface area contributed by atoms with E-state index in [0.717, 1.165) is 46.8 Å². The van der Waals surface area contributed by atoms with Gasteiger partial charge in [-0.3, -0.25) is 4.79 Å². The number of hydrogen-bond acceptors (Lipinski definition) is 6. The normalized spacial score (nSPS) is 16.3. The van der Waals surface area contributed by atoms with Crippen molar-refractivity contribution in [1.29, 1.82) is 0 Å². The van der Waals surface area contributed by atoms with E-state index in [4.69, 9.17) is 4.74 Å². The summed E-state index contributed by atoms with van der Waals surface area (Å²) in [7, 11) is 0. The summed E-state index contributed by atoms with van der Waals surface area (Å²) in [5.41, 5.74) is 1.06. The predicted molar refractivity (Wildman–Crippen MR) is 116 cm³/mol. The fraction of sp³-hybridized carbons (Fsp3) is 0.273. The average molecular weight is 407 g/mol. The monoisotopic (exact) mass is 406 g/mol. The Kier molecular flexibility index (Phi) is 4.81. The third kappa shape index (κ3) is 3.53. The predicted octanol–water partition coefficient (Wildman–Crippen LogP) is 3.64. The van der Waals surface area contributed by atoms with Gasteiger partial charge < -0.3 is 19.4 Å². The molecule has 2 aliphatic heterocycles. The van der Waals surface area contributed by atoms with Gasteiger partial charge in [0.2, 0.25) is 0 Å². The Morgan fingerprint density at radius 3 is 2.59 bits per heavy atom. The van der Waals surface area contributed by atoms with Crippen LogP contribution in [-0.4, -0.2) is 55.1 Å². The lowest BCUT2D eigenvalue weighted by molar-refractivity contribution is 0.0751. The summed E-state index contributed by atoms with van der Waals surface area (Å²) in [6.45, 7) is 4.46.